The number of carbonyl (C=O) groups is 2. The lowest BCUT2D eigenvalue weighted by Crippen LogP contribution is -2.17. The number of nitrogens with one attached hydrogen (secondary N) is 1. The van der Waals surface area contributed by atoms with Crippen molar-refractivity contribution < 1.29 is 19.1 Å². The molecule has 0 saturated carbocycles. The standard InChI is InChI=1S/C24H20N2O4/c1-29-21-14-12-19(13-15-21)24(28)26-25-17-20-9-5-6-10-22(20)30-23(27)16-11-18-7-3-2-4-8-18/h2-17H,1H3,(H,26,28)/b16-11+,25-17-. The van der Waals surface area contributed by atoms with Gasteiger partial charge in [0.25, 0.3) is 5.91 Å². The molecule has 0 radical (unpaired) electrons. The van der Waals surface area contributed by atoms with Gasteiger partial charge in [0.2, 0.25) is 0 Å². The van der Waals surface area contributed by atoms with Gasteiger partial charge in [-0.25, -0.2) is 10.2 Å². The van der Waals surface area contributed by atoms with Crippen molar-refractivity contribution >= 4 is 24.2 Å². The Kier molecular flexibility index (Phi) is 7.11. The number of hydrogen-bond donors (Lipinski definition) is 1. The van der Waals surface area contributed by atoms with E-state index >= 15 is 0 Å². The molecule has 0 fully saturated rings. The molecule has 0 heterocycles. The normalized spacial score (nSPS) is 10.8. The summed E-state index contributed by atoms with van der Waals surface area (Å²) in [5.41, 5.74) is 4.33. The van der Waals surface area contributed by atoms with Crippen LogP contribution in [-0.4, -0.2) is 25.2 Å². The van der Waals surface area contributed by atoms with Crippen LogP contribution in [0.4, 0.5) is 0 Å². The fourth-order valence-corrected chi connectivity index (χ4v) is 2.52. The number of para-hydroxylation sites is 1. The lowest BCUT2D eigenvalue weighted by Gasteiger charge is -2.05. The Morgan fingerprint density at radius 3 is 2.33 bits per heavy atom. The van der Waals surface area contributed by atoms with Crippen LogP contribution >= 0.6 is 0 Å². The average molecular weight is 400 g/mol. The fraction of sp³-hybridized carbons (Fsp3) is 0.0417. The molecule has 3 aromatic rings. The summed E-state index contributed by atoms with van der Waals surface area (Å²) >= 11 is 0. The quantitative estimate of drug-likeness (QED) is 0.213. The van der Waals surface area contributed by atoms with Gasteiger partial charge in [0.1, 0.15) is 11.5 Å². The van der Waals surface area contributed by atoms with Gasteiger partial charge in [0, 0.05) is 17.2 Å². The van der Waals surface area contributed by atoms with Gasteiger partial charge in [0.05, 0.1) is 13.3 Å². The highest BCUT2D eigenvalue weighted by Gasteiger charge is 2.07. The van der Waals surface area contributed by atoms with Crippen LogP contribution in [0.3, 0.4) is 0 Å². The van der Waals surface area contributed by atoms with Gasteiger partial charge in [-0.15, -0.1) is 0 Å². The molecule has 0 atom stereocenters. The molecular formula is C24H20N2O4. The molecule has 0 aliphatic rings. The maximum atomic E-state index is 12.2. The molecule has 0 aromatic heterocycles. The van der Waals surface area contributed by atoms with Gasteiger partial charge in [-0.2, -0.15) is 5.10 Å². The molecule has 6 heteroatoms. The van der Waals surface area contributed by atoms with E-state index in [1.165, 1.54) is 12.3 Å². The highest BCUT2D eigenvalue weighted by atomic mass is 16.5. The molecule has 6 nitrogen and oxygen atoms in total. The molecule has 0 unspecified atom stereocenters. The number of rotatable bonds is 7. The number of hydrazone groups is 1. The third-order valence-electron chi connectivity index (χ3n) is 4.06. The number of amides is 1. The van der Waals surface area contributed by atoms with E-state index in [-0.39, 0.29) is 5.91 Å². The molecule has 150 valence electrons. The first-order valence-corrected chi connectivity index (χ1v) is 9.17. The minimum atomic E-state index is -0.512. The second kappa shape index (κ2) is 10.4. The van der Waals surface area contributed by atoms with Crippen molar-refractivity contribution in [3.05, 3.63) is 102 Å². The Bertz CT molecular complexity index is 1060. The van der Waals surface area contributed by atoms with E-state index in [0.29, 0.717) is 22.6 Å². The van der Waals surface area contributed by atoms with Crippen LogP contribution in [0.25, 0.3) is 6.08 Å². The Morgan fingerprint density at radius 2 is 1.60 bits per heavy atom. The molecule has 3 rings (SSSR count). The Balaban J connectivity index is 1.62. The molecule has 0 saturated heterocycles. The minimum absolute atomic E-state index is 0.336. The number of carbonyl (C=O) groups excluding carboxylic acids is 2. The van der Waals surface area contributed by atoms with E-state index in [1.54, 1.807) is 61.7 Å². The molecule has 3 aromatic carbocycles. The van der Waals surface area contributed by atoms with Gasteiger partial charge in [-0.3, -0.25) is 4.79 Å². The first-order valence-electron chi connectivity index (χ1n) is 9.17. The van der Waals surface area contributed by atoms with Gasteiger partial charge in [-0.05, 0) is 48.0 Å². The van der Waals surface area contributed by atoms with Crippen molar-refractivity contribution in [1.82, 2.24) is 5.43 Å². The topological polar surface area (TPSA) is 77.0 Å². The van der Waals surface area contributed by atoms with E-state index in [1.807, 2.05) is 30.3 Å². The predicted octanol–water partition coefficient (Wildman–Crippen LogP) is 4.08. The van der Waals surface area contributed by atoms with Crippen LogP contribution < -0.4 is 14.9 Å². The maximum Gasteiger partial charge on any atom is 0.336 e. The SMILES string of the molecule is COc1ccc(C(=O)N/N=C\c2ccccc2OC(=O)/C=C/c2ccccc2)cc1. The van der Waals surface area contributed by atoms with Gasteiger partial charge in [0.15, 0.2) is 0 Å². The lowest BCUT2D eigenvalue weighted by molar-refractivity contribution is -0.128. The summed E-state index contributed by atoms with van der Waals surface area (Å²) < 4.78 is 10.5. The van der Waals surface area contributed by atoms with Gasteiger partial charge >= 0.3 is 5.97 Å². The van der Waals surface area contributed by atoms with Crippen LogP contribution in [0.15, 0.2) is 90.0 Å². The fourth-order valence-electron chi connectivity index (χ4n) is 2.52. The van der Waals surface area contributed by atoms with E-state index in [9.17, 15) is 9.59 Å². The molecule has 0 aliphatic heterocycles. The average Bonchev–Trinajstić information content (AvgIpc) is 2.79. The summed E-state index contributed by atoms with van der Waals surface area (Å²) in [4.78, 5) is 24.3. The maximum absolute atomic E-state index is 12.2. The van der Waals surface area contributed by atoms with Crippen LogP contribution in [0.1, 0.15) is 21.5 Å². The summed E-state index contributed by atoms with van der Waals surface area (Å²) in [5.74, 6) is 0.117. The summed E-state index contributed by atoms with van der Waals surface area (Å²) in [6.07, 6.45) is 4.45. The number of methoxy groups -OCH3 is 1. The Labute approximate surface area is 174 Å². The second-order valence-electron chi connectivity index (χ2n) is 6.13. The van der Waals surface area contributed by atoms with Crippen molar-refractivity contribution in [1.29, 1.82) is 0 Å². The molecule has 1 N–H and O–H groups in total. The minimum Gasteiger partial charge on any atom is -0.497 e. The zero-order valence-electron chi connectivity index (χ0n) is 16.3. The molecule has 0 spiro atoms. The van der Waals surface area contributed by atoms with Crippen LogP contribution in [0.2, 0.25) is 0 Å². The van der Waals surface area contributed by atoms with Crippen LogP contribution in [0, 0.1) is 0 Å². The first-order chi connectivity index (χ1) is 14.7. The first kappa shape index (κ1) is 20.5. The third-order valence-corrected chi connectivity index (χ3v) is 4.06. The van der Waals surface area contributed by atoms with E-state index in [4.69, 9.17) is 9.47 Å². The third kappa shape index (κ3) is 5.90. The van der Waals surface area contributed by atoms with Crippen molar-refractivity contribution in [3.63, 3.8) is 0 Å². The lowest BCUT2D eigenvalue weighted by atomic mass is 10.2. The van der Waals surface area contributed by atoms with Gasteiger partial charge < -0.3 is 9.47 Å². The highest BCUT2D eigenvalue weighted by molar-refractivity contribution is 5.95. The van der Waals surface area contributed by atoms with E-state index < -0.39 is 5.97 Å². The van der Waals surface area contributed by atoms with Crippen LogP contribution in [0.5, 0.6) is 11.5 Å². The van der Waals surface area contributed by atoms with Crippen molar-refractivity contribution in [2.24, 2.45) is 5.10 Å². The van der Waals surface area contributed by atoms with E-state index in [0.717, 1.165) is 5.56 Å². The highest BCUT2D eigenvalue weighted by Crippen LogP contribution is 2.16. The van der Waals surface area contributed by atoms with Crippen LogP contribution in [-0.2, 0) is 4.79 Å². The van der Waals surface area contributed by atoms with Gasteiger partial charge in [-0.1, -0.05) is 42.5 Å². The Hall–Kier alpha value is -4.19. The molecule has 0 bridgehead atoms. The second-order valence-corrected chi connectivity index (χ2v) is 6.13. The number of ether oxygens (including phenoxy) is 2. The molecule has 30 heavy (non-hydrogen) atoms. The summed E-state index contributed by atoms with van der Waals surface area (Å²) in [6.45, 7) is 0. The van der Waals surface area contributed by atoms with E-state index in [2.05, 4.69) is 10.5 Å². The Morgan fingerprint density at radius 1 is 0.900 bits per heavy atom. The molecule has 1 amide bonds. The smallest absolute Gasteiger partial charge is 0.336 e. The largest absolute Gasteiger partial charge is 0.497 e. The zero-order chi connectivity index (χ0) is 21.2. The van der Waals surface area contributed by atoms with Crippen molar-refractivity contribution in [2.45, 2.75) is 0 Å². The van der Waals surface area contributed by atoms with Crippen molar-refractivity contribution in [2.75, 3.05) is 7.11 Å². The summed E-state index contributed by atoms with van der Waals surface area (Å²) in [7, 11) is 1.56. The number of nitrogens with zero attached hydrogens (tertiary/aromatic N) is 1. The van der Waals surface area contributed by atoms with Crippen molar-refractivity contribution in [3.8, 4) is 11.5 Å². The number of esters is 1. The monoisotopic (exact) mass is 400 g/mol. The molecule has 0 aliphatic carbocycles. The zero-order valence-corrected chi connectivity index (χ0v) is 16.3. The number of benzene rings is 3. The predicted molar refractivity (Wildman–Crippen MR) is 116 cm³/mol. The number of hydrogen-bond acceptors (Lipinski definition) is 5. The summed E-state index contributed by atoms with van der Waals surface area (Å²) in [6, 6.07) is 23.0. The molecular weight excluding hydrogens is 380 g/mol. The summed E-state index contributed by atoms with van der Waals surface area (Å²) in [5, 5.41) is 3.96.